The zero-order valence-electron chi connectivity index (χ0n) is 7.09. The number of aromatic nitrogens is 1. The number of nitrogens with zero attached hydrogens (tertiary/aromatic N) is 2. The summed E-state index contributed by atoms with van der Waals surface area (Å²) in [5.74, 6) is 0.117. The van der Waals surface area contributed by atoms with Gasteiger partial charge in [0.05, 0.1) is 17.1 Å². The van der Waals surface area contributed by atoms with Crippen molar-refractivity contribution >= 4 is 15.9 Å². The van der Waals surface area contributed by atoms with Gasteiger partial charge in [-0.1, -0.05) is 0 Å². The molecule has 0 spiro atoms. The zero-order valence-corrected chi connectivity index (χ0v) is 8.68. The minimum atomic E-state index is -2.72. The molecule has 0 fully saturated rings. The Morgan fingerprint density at radius 3 is 2.71 bits per heavy atom. The molecule has 14 heavy (non-hydrogen) atoms. The fraction of sp³-hybridized carbons (Fsp3) is 0.250. The third-order valence-electron chi connectivity index (χ3n) is 1.51. The highest BCUT2D eigenvalue weighted by Gasteiger charge is 2.17. The van der Waals surface area contributed by atoms with Gasteiger partial charge in [-0.05, 0) is 22.0 Å². The van der Waals surface area contributed by atoms with Gasteiger partial charge in [-0.25, -0.2) is 13.8 Å². The Kier molecular flexibility index (Phi) is 3.36. The number of hydrogen-bond donors (Lipinski definition) is 0. The summed E-state index contributed by atoms with van der Waals surface area (Å²) in [6, 6.07) is 2.72. The van der Waals surface area contributed by atoms with E-state index in [0.29, 0.717) is 4.47 Å². The quantitative estimate of drug-likeness (QED) is 0.823. The van der Waals surface area contributed by atoms with Crippen LogP contribution in [0, 0.1) is 11.3 Å². The normalized spacial score (nSPS) is 10.0. The average Bonchev–Trinajstić information content (AvgIpc) is 2.17. The third-order valence-corrected chi connectivity index (χ3v) is 2.08. The Morgan fingerprint density at radius 2 is 2.29 bits per heavy atom. The molecule has 0 N–H and O–H groups in total. The van der Waals surface area contributed by atoms with Crippen LogP contribution in [-0.2, 0) is 0 Å². The van der Waals surface area contributed by atoms with Gasteiger partial charge in [0.1, 0.15) is 6.07 Å². The summed E-state index contributed by atoms with van der Waals surface area (Å²) in [6.45, 7) is 0. The highest BCUT2D eigenvalue weighted by Crippen LogP contribution is 2.30. The summed E-state index contributed by atoms with van der Waals surface area (Å²) in [4.78, 5) is 3.62. The maximum Gasteiger partial charge on any atom is 0.266 e. The lowest BCUT2D eigenvalue weighted by Crippen LogP contribution is -1.98. The maximum atomic E-state index is 12.4. The van der Waals surface area contributed by atoms with Crippen LogP contribution < -0.4 is 4.74 Å². The van der Waals surface area contributed by atoms with Gasteiger partial charge in [0.25, 0.3) is 6.43 Å². The smallest absolute Gasteiger partial charge is 0.266 e. The lowest BCUT2D eigenvalue weighted by atomic mass is 10.2. The highest BCUT2D eigenvalue weighted by atomic mass is 79.9. The summed E-state index contributed by atoms with van der Waals surface area (Å²) < 4.78 is 29.8. The number of halogens is 3. The summed E-state index contributed by atoms with van der Waals surface area (Å²) in [5.41, 5.74) is -0.722. The summed E-state index contributed by atoms with van der Waals surface area (Å²) >= 11 is 3.01. The highest BCUT2D eigenvalue weighted by molar-refractivity contribution is 9.10. The van der Waals surface area contributed by atoms with Crippen molar-refractivity contribution < 1.29 is 13.5 Å². The molecule has 74 valence electrons. The first kappa shape index (κ1) is 10.9. The van der Waals surface area contributed by atoms with E-state index in [1.165, 1.54) is 7.11 Å². The number of methoxy groups -OCH3 is 1. The van der Waals surface area contributed by atoms with Crippen LogP contribution in [0.3, 0.4) is 0 Å². The lowest BCUT2D eigenvalue weighted by molar-refractivity contribution is 0.150. The van der Waals surface area contributed by atoms with Crippen molar-refractivity contribution in [2.45, 2.75) is 6.43 Å². The number of ether oxygens (including phenoxy) is 1. The van der Waals surface area contributed by atoms with Gasteiger partial charge in [0.15, 0.2) is 5.69 Å². The SMILES string of the molecule is COc1nc(C#N)c(C(F)F)cc1Br. The number of alkyl halides is 2. The van der Waals surface area contributed by atoms with Gasteiger partial charge < -0.3 is 4.74 Å². The van der Waals surface area contributed by atoms with E-state index in [-0.39, 0.29) is 11.6 Å². The zero-order chi connectivity index (χ0) is 10.7. The average molecular weight is 263 g/mol. The molecule has 0 bridgehead atoms. The van der Waals surface area contributed by atoms with Crippen molar-refractivity contribution in [3.05, 3.63) is 21.8 Å². The molecule has 0 saturated heterocycles. The second-order valence-corrected chi connectivity index (χ2v) is 3.18. The van der Waals surface area contributed by atoms with Crippen molar-refractivity contribution in [2.24, 2.45) is 0 Å². The Balaban J connectivity index is 3.33. The molecule has 1 heterocycles. The Bertz CT molecular complexity index is 390. The van der Waals surface area contributed by atoms with E-state index in [1.54, 1.807) is 6.07 Å². The molecule has 1 aromatic heterocycles. The molecule has 1 rings (SSSR count). The van der Waals surface area contributed by atoms with Crippen molar-refractivity contribution in [3.63, 3.8) is 0 Å². The minimum Gasteiger partial charge on any atom is -0.480 e. The van der Waals surface area contributed by atoms with Gasteiger partial charge in [-0.15, -0.1) is 0 Å². The van der Waals surface area contributed by atoms with Crippen LogP contribution in [0.25, 0.3) is 0 Å². The lowest BCUT2D eigenvalue weighted by Gasteiger charge is -2.06. The monoisotopic (exact) mass is 262 g/mol. The largest absolute Gasteiger partial charge is 0.480 e. The Hall–Kier alpha value is -1.22. The van der Waals surface area contributed by atoms with Crippen LogP contribution in [0.2, 0.25) is 0 Å². The van der Waals surface area contributed by atoms with E-state index in [1.807, 2.05) is 0 Å². The number of hydrogen-bond acceptors (Lipinski definition) is 3. The fourth-order valence-electron chi connectivity index (χ4n) is 0.885. The standard InChI is InChI=1S/C8H5BrF2N2O/c1-14-8-5(9)2-4(7(10)11)6(3-12)13-8/h2,7H,1H3. The van der Waals surface area contributed by atoms with E-state index in [2.05, 4.69) is 20.9 Å². The van der Waals surface area contributed by atoms with Crippen molar-refractivity contribution in [2.75, 3.05) is 7.11 Å². The minimum absolute atomic E-state index is 0.117. The second-order valence-electron chi connectivity index (χ2n) is 2.33. The third kappa shape index (κ3) is 1.99. The Morgan fingerprint density at radius 1 is 1.64 bits per heavy atom. The molecule has 0 aliphatic heterocycles. The van der Waals surface area contributed by atoms with Crippen LogP contribution in [0.15, 0.2) is 10.5 Å². The first-order valence-electron chi connectivity index (χ1n) is 3.52. The molecule has 6 heteroatoms. The second kappa shape index (κ2) is 4.33. The van der Waals surface area contributed by atoms with Crippen LogP contribution in [0.5, 0.6) is 5.88 Å². The summed E-state index contributed by atoms with van der Waals surface area (Å²) in [6.07, 6.45) is -2.72. The van der Waals surface area contributed by atoms with Gasteiger partial charge in [-0.2, -0.15) is 5.26 Å². The molecule has 0 radical (unpaired) electrons. The van der Waals surface area contributed by atoms with E-state index < -0.39 is 12.0 Å². The Labute approximate surface area is 87.5 Å². The van der Waals surface area contributed by atoms with Gasteiger partial charge in [0.2, 0.25) is 5.88 Å². The molecule has 3 nitrogen and oxygen atoms in total. The molecular formula is C8H5BrF2N2O. The van der Waals surface area contributed by atoms with Crippen LogP contribution in [-0.4, -0.2) is 12.1 Å². The number of rotatable bonds is 2. The molecule has 0 aromatic carbocycles. The van der Waals surface area contributed by atoms with Crippen molar-refractivity contribution in [1.29, 1.82) is 5.26 Å². The van der Waals surface area contributed by atoms with Gasteiger partial charge in [-0.3, -0.25) is 0 Å². The first-order valence-corrected chi connectivity index (χ1v) is 4.32. The molecule has 0 unspecified atom stereocenters. The number of nitriles is 1. The first-order chi connectivity index (χ1) is 6.60. The molecule has 0 atom stereocenters. The molecule has 0 aliphatic carbocycles. The van der Waals surface area contributed by atoms with E-state index >= 15 is 0 Å². The maximum absolute atomic E-state index is 12.4. The van der Waals surface area contributed by atoms with Crippen molar-refractivity contribution in [3.8, 4) is 11.9 Å². The predicted molar refractivity (Wildman–Crippen MR) is 48.2 cm³/mol. The number of pyridine rings is 1. The van der Waals surface area contributed by atoms with Crippen LogP contribution in [0.4, 0.5) is 8.78 Å². The fourth-order valence-corrected chi connectivity index (χ4v) is 1.38. The van der Waals surface area contributed by atoms with Crippen LogP contribution in [0.1, 0.15) is 17.7 Å². The van der Waals surface area contributed by atoms with Gasteiger partial charge >= 0.3 is 0 Å². The molecule has 1 aromatic rings. The molecule has 0 amide bonds. The van der Waals surface area contributed by atoms with E-state index in [9.17, 15) is 8.78 Å². The molecule has 0 saturated carbocycles. The topological polar surface area (TPSA) is 45.9 Å². The predicted octanol–water partition coefficient (Wildman–Crippen LogP) is 2.66. The summed E-state index contributed by atoms with van der Waals surface area (Å²) in [5, 5.41) is 8.56. The van der Waals surface area contributed by atoms with Crippen molar-refractivity contribution in [1.82, 2.24) is 4.98 Å². The van der Waals surface area contributed by atoms with Crippen LogP contribution >= 0.6 is 15.9 Å². The van der Waals surface area contributed by atoms with E-state index in [4.69, 9.17) is 10.00 Å². The van der Waals surface area contributed by atoms with E-state index in [0.717, 1.165) is 6.07 Å². The van der Waals surface area contributed by atoms with Gasteiger partial charge in [0, 0.05) is 0 Å². The molecular weight excluding hydrogens is 258 g/mol. The summed E-state index contributed by atoms with van der Waals surface area (Å²) in [7, 11) is 1.34. The molecule has 0 aliphatic rings.